The number of hydrogen-bond donors (Lipinski definition) is 0. The second-order valence-electron chi connectivity index (χ2n) is 8.30. The number of benzene rings is 1. The molecule has 150 valence electrons. The van der Waals surface area contributed by atoms with Gasteiger partial charge in [0.25, 0.3) is 10.2 Å². The summed E-state index contributed by atoms with van der Waals surface area (Å²) in [5.41, 5.74) is 1.06. The lowest BCUT2D eigenvalue weighted by Crippen LogP contribution is -2.49. The van der Waals surface area contributed by atoms with Crippen molar-refractivity contribution in [2.75, 3.05) is 26.2 Å². The van der Waals surface area contributed by atoms with Crippen molar-refractivity contribution in [2.24, 2.45) is 5.41 Å². The number of nitrogens with zero attached hydrogens (tertiary/aromatic N) is 4. The summed E-state index contributed by atoms with van der Waals surface area (Å²) >= 11 is 0. The summed E-state index contributed by atoms with van der Waals surface area (Å²) in [6, 6.07) is 9.79. The zero-order chi connectivity index (χ0) is 19.2. The fourth-order valence-corrected chi connectivity index (χ4v) is 6.43. The molecule has 1 aromatic heterocycles. The predicted molar refractivity (Wildman–Crippen MR) is 105 cm³/mol. The van der Waals surface area contributed by atoms with Gasteiger partial charge in [-0.25, -0.2) is 0 Å². The Balaban J connectivity index is 1.24. The standard InChI is InChI=1S/C20H26N4O3S/c25-28(26,23-11-5-2-6-12-23)24-13-9-20(10-14-24)15-17(20)19-22-21-18(27-19)16-7-3-1-4-8-16/h1,3-4,7-8,17H,2,5-6,9-15H2/t17-/m0/s1. The summed E-state index contributed by atoms with van der Waals surface area (Å²) in [6.07, 6.45) is 5.83. The average molecular weight is 403 g/mol. The molecule has 1 spiro atoms. The second-order valence-corrected chi connectivity index (χ2v) is 10.2. The molecule has 1 aliphatic carbocycles. The summed E-state index contributed by atoms with van der Waals surface area (Å²) in [7, 11) is -3.31. The zero-order valence-electron chi connectivity index (χ0n) is 16.0. The van der Waals surface area contributed by atoms with Crippen molar-refractivity contribution in [3.05, 3.63) is 36.2 Å². The molecule has 0 amide bonds. The first-order valence-corrected chi connectivity index (χ1v) is 11.6. The highest BCUT2D eigenvalue weighted by Crippen LogP contribution is 2.64. The van der Waals surface area contributed by atoms with Crippen LogP contribution in [0.25, 0.3) is 11.5 Å². The van der Waals surface area contributed by atoms with Crippen molar-refractivity contribution >= 4 is 10.2 Å². The summed E-state index contributed by atoms with van der Waals surface area (Å²) < 4.78 is 35.1. The zero-order valence-corrected chi connectivity index (χ0v) is 16.8. The highest BCUT2D eigenvalue weighted by molar-refractivity contribution is 7.86. The lowest BCUT2D eigenvalue weighted by Gasteiger charge is -2.36. The third-order valence-corrected chi connectivity index (χ3v) is 8.67. The molecule has 0 N–H and O–H groups in total. The van der Waals surface area contributed by atoms with Crippen LogP contribution < -0.4 is 0 Å². The largest absolute Gasteiger partial charge is 0.420 e. The van der Waals surface area contributed by atoms with Crippen molar-refractivity contribution in [3.8, 4) is 11.5 Å². The summed E-state index contributed by atoms with van der Waals surface area (Å²) in [5.74, 6) is 1.52. The molecule has 28 heavy (non-hydrogen) atoms. The van der Waals surface area contributed by atoms with Crippen LogP contribution >= 0.6 is 0 Å². The van der Waals surface area contributed by atoms with E-state index in [-0.39, 0.29) is 11.3 Å². The molecule has 5 rings (SSSR count). The van der Waals surface area contributed by atoms with Gasteiger partial charge in [-0.1, -0.05) is 24.6 Å². The molecule has 2 saturated heterocycles. The van der Waals surface area contributed by atoms with Crippen LogP contribution in [-0.4, -0.2) is 53.4 Å². The van der Waals surface area contributed by atoms with Crippen molar-refractivity contribution in [1.29, 1.82) is 0 Å². The Bertz CT molecular complexity index is 929. The Kier molecular flexibility index (Phi) is 4.52. The Labute approximate surface area is 165 Å². The molecule has 0 bridgehead atoms. The molecule has 2 aliphatic heterocycles. The second kappa shape index (κ2) is 6.93. The molecule has 7 nitrogen and oxygen atoms in total. The van der Waals surface area contributed by atoms with Gasteiger partial charge >= 0.3 is 0 Å². The van der Waals surface area contributed by atoms with Gasteiger partial charge in [0, 0.05) is 37.7 Å². The summed E-state index contributed by atoms with van der Waals surface area (Å²) in [4.78, 5) is 0. The monoisotopic (exact) mass is 402 g/mol. The van der Waals surface area contributed by atoms with Gasteiger partial charge in [0.05, 0.1) is 0 Å². The van der Waals surface area contributed by atoms with Crippen molar-refractivity contribution in [2.45, 2.75) is 44.4 Å². The predicted octanol–water partition coefficient (Wildman–Crippen LogP) is 3.04. The summed E-state index contributed by atoms with van der Waals surface area (Å²) in [5, 5.41) is 8.50. The van der Waals surface area contributed by atoms with E-state index >= 15 is 0 Å². The van der Waals surface area contributed by atoms with Gasteiger partial charge < -0.3 is 4.42 Å². The first kappa shape index (κ1) is 18.3. The van der Waals surface area contributed by atoms with Gasteiger partial charge in [0.1, 0.15) is 0 Å². The van der Waals surface area contributed by atoms with E-state index in [1.165, 1.54) is 0 Å². The fraction of sp³-hybridized carbons (Fsp3) is 0.600. The molecular weight excluding hydrogens is 376 g/mol. The van der Waals surface area contributed by atoms with Crippen molar-refractivity contribution in [3.63, 3.8) is 0 Å². The van der Waals surface area contributed by atoms with Gasteiger partial charge in [0.2, 0.25) is 11.8 Å². The van der Waals surface area contributed by atoms with Crippen LogP contribution in [0.2, 0.25) is 0 Å². The maximum Gasteiger partial charge on any atom is 0.281 e. The lowest BCUT2D eigenvalue weighted by molar-refractivity contribution is 0.225. The van der Waals surface area contributed by atoms with Crippen LogP contribution in [0.5, 0.6) is 0 Å². The molecular formula is C20H26N4O3S. The Morgan fingerprint density at radius 2 is 1.61 bits per heavy atom. The van der Waals surface area contributed by atoms with E-state index in [9.17, 15) is 8.42 Å². The molecule has 0 unspecified atom stereocenters. The molecule has 1 atom stereocenters. The van der Waals surface area contributed by atoms with Gasteiger partial charge in [-0.05, 0) is 49.7 Å². The van der Waals surface area contributed by atoms with Crippen LogP contribution in [0.3, 0.4) is 0 Å². The smallest absolute Gasteiger partial charge is 0.281 e. The molecule has 3 heterocycles. The number of piperidine rings is 2. The number of rotatable bonds is 4. The highest BCUT2D eigenvalue weighted by atomic mass is 32.2. The topological polar surface area (TPSA) is 79.5 Å². The molecule has 0 radical (unpaired) electrons. The molecule has 2 aromatic rings. The average Bonchev–Trinajstić information content (AvgIpc) is 3.21. The molecule has 3 aliphatic rings. The minimum atomic E-state index is -3.31. The number of aromatic nitrogens is 2. The molecule has 3 fully saturated rings. The van der Waals surface area contributed by atoms with Gasteiger partial charge in [-0.3, -0.25) is 0 Å². The van der Waals surface area contributed by atoms with Crippen molar-refractivity contribution < 1.29 is 12.8 Å². The Morgan fingerprint density at radius 1 is 0.929 bits per heavy atom. The SMILES string of the molecule is O=S(=O)(N1CCCCC1)N1CCC2(CC1)C[C@H]2c1nnc(-c2ccccc2)o1. The highest BCUT2D eigenvalue weighted by Gasteiger charge is 2.59. The minimum absolute atomic E-state index is 0.133. The van der Waals surface area contributed by atoms with Gasteiger partial charge in [-0.15, -0.1) is 10.2 Å². The van der Waals surface area contributed by atoms with E-state index in [2.05, 4.69) is 10.2 Å². The maximum atomic E-state index is 12.9. The Morgan fingerprint density at radius 3 is 2.32 bits per heavy atom. The fourth-order valence-electron chi connectivity index (χ4n) is 4.74. The molecule has 8 heteroatoms. The van der Waals surface area contributed by atoms with E-state index < -0.39 is 10.2 Å². The third-order valence-electron chi connectivity index (χ3n) is 6.63. The first-order valence-electron chi connectivity index (χ1n) is 10.2. The van der Waals surface area contributed by atoms with Crippen LogP contribution in [0.1, 0.15) is 50.3 Å². The van der Waals surface area contributed by atoms with Gasteiger partial charge in [0.15, 0.2) is 0 Å². The minimum Gasteiger partial charge on any atom is -0.420 e. The summed E-state index contributed by atoms with van der Waals surface area (Å²) in [6.45, 7) is 2.51. The first-order chi connectivity index (χ1) is 13.6. The van der Waals surface area contributed by atoms with E-state index in [1.54, 1.807) is 8.61 Å². The lowest BCUT2D eigenvalue weighted by atomic mass is 9.92. The molecule has 1 saturated carbocycles. The normalized spacial score (nSPS) is 25.8. The van der Waals surface area contributed by atoms with Crippen LogP contribution in [0.4, 0.5) is 0 Å². The van der Waals surface area contributed by atoms with Crippen LogP contribution in [-0.2, 0) is 10.2 Å². The number of hydrogen-bond acceptors (Lipinski definition) is 5. The molecule has 1 aromatic carbocycles. The quantitative estimate of drug-likeness (QED) is 0.785. The van der Waals surface area contributed by atoms with Crippen LogP contribution in [0.15, 0.2) is 34.7 Å². The van der Waals surface area contributed by atoms with E-state index in [4.69, 9.17) is 4.42 Å². The van der Waals surface area contributed by atoms with Crippen molar-refractivity contribution in [1.82, 2.24) is 18.8 Å². The van der Waals surface area contributed by atoms with Gasteiger partial charge in [-0.2, -0.15) is 17.0 Å². The van der Waals surface area contributed by atoms with Crippen LogP contribution in [0, 0.1) is 5.41 Å². The Hall–Kier alpha value is -1.77. The van der Waals surface area contributed by atoms with E-state index in [0.717, 1.165) is 44.1 Å². The third kappa shape index (κ3) is 3.17. The van der Waals surface area contributed by atoms with E-state index in [1.807, 2.05) is 30.3 Å². The maximum absolute atomic E-state index is 12.9. The van der Waals surface area contributed by atoms with E-state index in [0.29, 0.717) is 38.0 Å².